The summed E-state index contributed by atoms with van der Waals surface area (Å²) in [6.07, 6.45) is 4.68. The van der Waals surface area contributed by atoms with Crippen LogP contribution in [0.15, 0.2) is 30.5 Å². The number of aliphatic carboxylic acids is 1. The van der Waals surface area contributed by atoms with Gasteiger partial charge in [0, 0.05) is 29.4 Å². The Morgan fingerprint density at radius 2 is 2.15 bits per heavy atom. The van der Waals surface area contributed by atoms with E-state index in [9.17, 15) is 4.79 Å². The van der Waals surface area contributed by atoms with E-state index in [4.69, 9.17) is 9.84 Å². The van der Waals surface area contributed by atoms with Gasteiger partial charge in [-0.2, -0.15) is 0 Å². The van der Waals surface area contributed by atoms with Crippen molar-refractivity contribution >= 4 is 22.6 Å². The Hall–Kier alpha value is -2.34. The van der Waals surface area contributed by atoms with E-state index < -0.39 is 5.97 Å². The average molecular weight is 357 g/mol. The highest BCUT2D eigenvalue weighted by Gasteiger charge is 2.33. The number of carboxylic acid groups (broad SMARTS) is 1. The van der Waals surface area contributed by atoms with Gasteiger partial charge in [0.25, 0.3) is 0 Å². The number of hydrogen-bond donors (Lipinski definition) is 2. The minimum Gasteiger partial charge on any atom is -0.491 e. The lowest BCUT2D eigenvalue weighted by atomic mass is 9.85. The Morgan fingerprint density at radius 1 is 1.35 bits per heavy atom. The maximum Gasteiger partial charge on any atom is 0.317 e. The largest absolute Gasteiger partial charge is 0.491 e. The van der Waals surface area contributed by atoms with E-state index >= 15 is 0 Å². The van der Waals surface area contributed by atoms with E-state index in [2.05, 4.69) is 23.3 Å². The van der Waals surface area contributed by atoms with Crippen LogP contribution < -0.4 is 10.1 Å². The summed E-state index contributed by atoms with van der Waals surface area (Å²) in [5, 5.41) is 13.7. The Labute approximate surface area is 154 Å². The fourth-order valence-corrected chi connectivity index (χ4v) is 3.50. The number of fused-ring (bicyclic) bond motifs is 1. The van der Waals surface area contributed by atoms with Gasteiger partial charge in [-0.15, -0.1) is 0 Å². The van der Waals surface area contributed by atoms with Gasteiger partial charge in [-0.3, -0.25) is 14.7 Å². The molecule has 0 aliphatic heterocycles. The first-order chi connectivity index (χ1) is 12.6. The van der Waals surface area contributed by atoms with Crippen LogP contribution >= 0.6 is 0 Å². The number of anilines is 1. The van der Waals surface area contributed by atoms with E-state index in [1.807, 2.05) is 36.2 Å². The number of nitrogens with one attached hydrogen (secondary N) is 1. The molecule has 26 heavy (non-hydrogen) atoms. The van der Waals surface area contributed by atoms with Gasteiger partial charge in [0.1, 0.15) is 11.3 Å². The maximum atomic E-state index is 11.0. The Balaban J connectivity index is 1.68. The predicted octanol–water partition coefficient (Wildman–Crippen LogP) is 3.37. The van der Waals surface area contributed by atoms with E-state index in [0.29, 0.717) is 18.7 Å². The molecular weight excluding hydrogens is 330 g/mol. The third-order valence-electron chi connectivity index (χ3n) is 4.93. The first-order valence-corrected chi connectivity index (χ1v) is 9.35. The van der Waals surface area contributed by atoms with Gasteiger partial charge in [0.05, 0.1) is 13.2 Å². The molecule has 1 aliphatic rings. The third-order valence-corrected chi connectivity index (χ3v) is 4.93. The van der Waals surface area contributed by atoms with Crippen molar-refractivity contribution in [2.45, 2.75) is 45.2 Å². The topological polar surface area (TPSA) is 74.7 Å². The molecule has 6 nitrogen and oxygen atoms in total. The standard InChI is InChI=1S/C20H27N3O3/c1-3-10-26-18-7-5-6-16-17(8-9-21-20(16)18)22-14-11-15(12-14)23(4-2)13-19(24)25/h5-9,14-15H,3-4,10-13H2,1-2H3,(H,21,22)(H,24,25). The highest BCUT2D eigenvalue weighted by atomic mass is 16.5. The van der Waals surface area contributed by atoms with Crippen molar-refractivity contribution < 1.29 is 14.6 Å². The molecule has 0 atom stereocenters. The summed E-state index contributed by atoms with van der Waals surface area (Å²) in [4.78, 5) is 17.5. The number of benzene rings is 1. The molecule has 0 unspecified atom stereocenters. The van der Waals surface area contributed by atoms with Crippen LogP contribution in [-0.2, 0) is 4.79 Å². The third kappa shape index (κ3) is 4.07. The van der Waals surface area contributed by atoms with Crippen molar-refractivity contribution in [2.75, 3.05) is 25.0 Å². The Bertz CT molecular complexity index is 759. The molecule has 0 saturated heterocycles. The molecule has 1 aromatic carbocycles. The number of carboxylic acids is 1. The summed E-state index contributed by atoms with van der Waals surface area (Å²) in [6, 6.07) is 8.70. The molecule has 1 aromatic heterocycles. The van der Waals surface area contributed by atoms with Crippen molar-refractivity contribution in [2.24, 2.45) is 0 Å². The summed E-state index contributed by atoms with van der Waals surface area (Å²) in [5.41, 5.74) is 1.93. The fraction of sp³-hybridized carbons (Fsp3) is 0.500. The summed E-state index contributed by atoms with van der Waals surface area (Å²) in [7, 11) is 0. The molecule has 1 fully saturated rings. The molecule has 2 aromatic rings. The van der Waals surface area contributed by atoms with Crippen LogP contribution in [0.1, 0.15) is 33.1 Å². The number of nitrogens with zero attached hydrogens (tertiary/aromatic N) is 2. The molecule has 0 bridgehead atoms. The van der Waals surface area contributed by atoms with E-state index in [-0.39, 0.29) is 6.54 Å². The number of ether oxygens (including phenoxy) is 1. The average Bonchev–Trinajstić information content (AvgIpc) is 2.60. The van der Waals surface area contributed by atoms with Crippen LogP contribution in [0.4, 0.5) is 5.69 Å². The molecule has 1 heterocycles. The van der Waals surface area contributed by atoms with E-state index in [0.717, 1.165) is 48.1 Å². The number of carbonyl (C=O) groups is 1. The van der Waals surface area contributed by atoms with Gasteiger partial charge in [-0.05, 0) is 37.9 Å². The minimum absolute atomic E-state index is 0.115. The van der Waals surface area contributed by atoms with E-state index in [1.54, 1.807) is 0 Å². The molecule has 3 rings (SSSR count). The van der Waals surface area contributed by atoms with Gasteiger partial charge in [0.2, 0.25) is 0 Å². The normalized spacial score (nSPS) is 19.3. The molecule has 1 saturated carbocycles. The zero-order chi connectivity index (χ0) is 18.5. The smallest absolute Gasteiger partial charge is 0.317 e. The highest BCUT2D eigenvalue weighted by Crippen LogP contribution is 2.33. The molecule has 1 aliphatic carbocycles. The minimum atomic E-state index is -0.761. The number of aromatic nitrogens is 1. The van der Waals surface area contributed by atoms with Crippen molar-refractivity contribution in [1.29, 1.82) is 0 Å². The van der Waals surface area contributed by atoms with Crippen molar-refractivity contribution in [3.8, 4) is 5.75 Å². The Kier molecular flexibility index (Phi) is 5.93. The molecule has 2 N–H and O–H groups in total. The SMILES string of the molecule is CCCOc1cccc2c(NC3CC(N(CC)CC(=O)O)C3)ccnc12. The maximum absolute atomic E-state index is 11.0. The number of likely N-dealkylation sites (N-methyl/N-ethyl adjacent to an activating group) is 1. The van der Waals surface area contributed by atoms with Crippen molar-refractivity contribution in [1.82, 2.24) is 9.88 Å². The second-order valence-corrected chi connectivity index (χ2v) is 6.78. The van der Waals surface area contributed by atoms with E-state index in [1.165, 1.54) is 0 Å². The van der Waals surface area contributed by atoms with Crippen LogP contribution in [0.2, 0.25) is 0 Å². The lowest BCUT2D eigenvalue weighted by Gasteiger charge is -2.42. The van der Waals surface area contributed by atoms with Crippen LogP contribution in [-0.4, -0.2) is 52.7 Å². The highest BCUT2D eigenvalue weighted by molar-refractivity contribution is 5.94. The summed E-state index contributed by atoms with van der Waals surface area (Å²) < 4.78 is 5.82. The predicted molar refractivity (Wildman–Crippen MR) is 103 cm³/mol. The molecule has 140 valence electrons. The number of pyridine rings is 1. The van der Waals surface area contributed by atoms with Gasteiger partial charge < -0.3 is 15.2 Å². The number of para-hydroxylation sites is 1. The number of hydrogen-bond acceptors (Lipinski definition) is 5. The monoisotopic (exact) mass is 357 g/mol. The van der Waals surface area contributed by atoms with Crippen LogP contribution in [0.5, 0.6) is 5.75 Å². The lowest BCUT2D eigenvalue weighted by Crippen LogP contribution is -2.51. The summed E-state index contributed by atoms with van der Waals surface area (Å²) in [6.45, 7) is 5.66. The molecular formula is C20H27N3O3. The second kappa shape index (κ2) is 8.36. The molecule has 0 radical (unpaired) electrons. The van der Waals surface area contributed by atoms with Gasteiger partial charge in [0.15, 0.2) is 0 Å². The quantitative estimate of drug-likeness (QED) is 0.717. The molecule has 0 amide bonds. The van der Waals surface area contributed by atoms with Crippen LogP contribution in [0.25, 0.3) is 10.9 Å². The summed E-state index contributed by atoms with van der Waals surface area (Å²) in [5.74, 6) is 0.0566. The number of rotatable bonds is 9. The zero-order valence-electron chi connectivity index (χ0n) is 15.4. The van der Waals surface area contributed by atoms with Crippen LogP contribution in [0, 0.1) is 0 Å². The first kappa shape index (κ1) is 18.5. The van der Waals surface area contributed by atoms with Gasteiger partial charge in [-0.1, -0.05) is 26.0 Å². The van der Waals surface area contributed by atoms with Gasteiger partial charge in [-0.25, -0.2) is 0 Å². The molecule has 6 heteroatoms. The van der Waals surface area contributed by atoms with Crippen LogP contribution in [0.3, 0.4) is 0 Å². The van der Waals surface area contributed by atoms with Crippen molar-refractivity contribution in [3.63, 3.8) is 0 Å². The zero-order valence-corrected chi connectivity index (χ0v) is 15.4. The Morgan fingerprint density at radius 3 is 2.85 bits per heavy atom. The fourth-order valence-electron chi connectivity index (χ4n) is 3.50. The lowest BCUT2D eigenvalue weighted by molar-refractivity contribution is -0.139. The first-order valence-electron chi connectivity index (χ1n) is 9.35. The van der Waals surface area contributed by atoms with Crippen molar-refractivity contribution in [3.05, 3.63) is 30.5 Å². The van der Waals surface area contributed by atoms with Gasteiger partial charge >= 0.3 is 5.97 Å². The summed E-state index contributed by atoms with van der Waals surface area (Å²) >= 11 is 0. The molecule has 0 spiro atoms. The second-order valence-electron chi connectivity index (χ2n) is 6.78.